The standard InChI is InChI=1S/C13H15N3O4S/c1-8(13(14)17)7-20-10-4-5-11(21(15,18)19)12-9(10)3-2-6-16-12/h2-6,8H,7H2,1H3,(H2,14,17)(H2,15,18,19). The maximum absolute atomic E-state index is 11.5. The van der Waals surface area contributed by atoms with E-state index in [1.54, 1.807) is 19.1 Å². The molecule has 0 aliphatic rings. The van der Waals surface area contributed by atoms with Crippen LogP contribution in [0.25, 0.3) is 10.9 Å². The van der Waals surface area contributed by atoms with Crippen LogP contribution in [-0.2, 0) is 14.8 Å². The summed E-state index contributed by atoms with van der Waals surface area (Å²) in [5.74, 6) is -0.521. The third-order valence-electron chi connectivity index (χ3n) is 2.97. The van der Waals surface area contributed by atoms with Crippen molar-refractivity contribution in [2.45, 2.75) is 11.8 Å². The van der Waals surface area contributed by atoms with Gasteiger partial charge in [0, 0.05) is 11.6 Å². The zero-order chi connectivity index (χ0) is 15.6. The Labute approximate surface area is 122 Å². The number of primary sulfonamides is 1. The molecule has 4 N–H and O–H groups in total. The maximum Gasteiger partial charge on any atom is 0.240 e. The van der Waals surface area contributed by atoms with Crippen molar-refractivity contribution in [3.8, 4) is 5.75 Å². The number of carbonyl (C=O) groups excluding carboxylic acids is 1. The van der Waals surface area contributed by atoms with E-state index in [1.165, 1.54) is 18.3 Å². The molecular formula is C13H15N3O4S. The molecule has 2 aromatic rings. The molecule has 0 aliphatic carbocycles. The van der Waals surface area contributed by atoms with Gasteiger partial charge < -0.3 is 10.5 Å². The summed E-state index contributed by atoms with van der Waals surface area (Å²) in [4.78, 5) is 15.0. The number of hydrogen-bond acceptors (Lipinski definition) is 5. The summed E-state index contributed by atoms with van der Waals surface area (Å²) in [7, 11) is -3.88. The maximum atomic E-state index is 11.5. The number of benzene rings is 1. The highest BCUT2D eigenvalue weighted by atomic mass is 32.2. The van der Waals surface area contributed by atoms with E-state index in [2.05, 4.69) is 4.98 Å². The van der Waals surface area contributed by atoms with E-state index >= 15 is 0 Å². The van der Waals surface area contributed by atoms with Crippen LogP contribution in [0.2, 0.25) is 0 Å². The first-order valence-corrected chi connectivity index (χ1v) is 7.68. The first kappa shape index (κ1) is 15.2. The number of nitrogens with two attached hydrogens (primary N) is 2. The van der Waals surface area contributed by atoms with Gasteiger partial charge in [-0.05, 0) is 24.3 Å². The monoisotopic (exact) mass is 309 g/mol. The Morgan fingerprint density at radius 2 is 2.10 bits per heavy atom. The minimum Gasteiger partial charge on any atom is -0.492 e. The van der Waals surface area contributed by atoms with Crippen molar-refractivity contribution < 1.29 is 17.9 Å². The molecule has 0 aliphatic heterocycles. The SMILES string of the molecule is CC(COc1ccc(S(N)(=O)=O)c2ncccc12)C(N)=O. The normalized spacial score (nSPS) is 13.0. The molecule has 1 aromatic heterocycles. The van der Waals surface area contributed by atoms with E-state index in [-0.39, 0.29) is 17.0 Å². The molecule has 2 rings (SSSR count). The second-order valence-electron chi connectivity index (χ2n) is 4.62. The van der Waals surface area contributed by atoms with E-state index in [4.69, 9.17) is 15.6 Å². The van der Waals surface area contributed by atoms with E-state index in [9.17, 15) is 13.2 Å². The van der Waals surface area contributed by atoms with Crippen LogP contribution in [0.15, 0.2) is 35.4 Å². The van der Waals surface area contributed by atoms with Gasteiger partial charge in [-0.2, -0.15) is 0 Å². The fourth-order valence-corrected chi connectivity index (χ4v) is 2.46. The van der Waals surface area contributed by atoms with Gasteiger partial charge in [0.15, 0.2) is 0 Å². The lowest BCUT2D eigenvalue weighted by molar-refractivity contribution is -0.122. The number of rotatable bonds is 5. The number of sulfonamides is 1. The fourth-order valence-electron chi connectivity index (χ4n) is 1.77. The van der Waals surface area contributed by atoms with E-state index in [0.717, 1.165) is 0 Å². The number of fused-ring (bicyclic) bond motifs is 1. The van der Waals surface area contributed by atoms with Gasteiger partial charge in [-0.15, -0.1) is 0 Å². The third kappa shape index (κ3) is 3.29. The third-order valence-corrected chi connectivity index (χ3v) is 3.92. The van der Waals surface area contributed by atoms with Crippen molar-refractivity contribution >= 4 is 26.8 Å². The van der Waals surface area contributed by atoms with Gasteiger partial charge in [0.1, 0.15) is 10.6 Å². The summed E-state index contributed by atoms with van der Waals surface area (Å²) >= 11 is 0. The molecule has 21 heavy (non-hydrogen) atoms. The Kier molecular flexibility index (Phi) is 4.10. The van der Waals surface area contributed by atoms with Crippen LogP contribution in [0.1, 0.15) is 6.92 Å². The molecule has 0 spiro atoms. The van der Waals surface area contributed by atoms with Crippen molar-refractivity contribution in [1.82, 2.24) is 4.98 Å². The van der Waals surface area contributed by atoms with Gasteiger partial charge >= 0.3 is 0 Å². The number of amides is 1. The lowest BCUT2D eigenvalue weighted by atomic mass is 10.2. The number of carbonyl (C=O) groups is 1. The Hall–Kier alpha value is -2.19. The fraction of sp³-hybridized carbons (Fsp3) is 0.231. The van der Waals surface area contributed by atoms with Crippen molar-refractivity contribution in [2.75, 3.05) is 6.61 Å². The molecule has 1 unspecified atom stereocenters. The van der Waals surface area contributed by atoms with E-state index in [0.29, 0.717) is 11.1 Å². The topological polar surface area (TPSA) is 125 Å². The summed E-state index contributed by atoms with van der Waals surface area (Å²) in [5, 5.41) is 5.67. The summed E-state index contributed by atoms with van der Waals surface area (Å²) < 4.78 is 28.6. The molecule has 1 atom stereocenters. The first-order valence-electron chi connectivity index (χ1n) is 6.13. The van der Waals surface area contributed by atoms with Crippen LogP contribution in [0.3, 0.4) is 0 Å². The predicted molar refractivity (Wildman–Crippen MR) is 77.0 cm³/mol. The molecule has 112 valence electrons. The average molecular weight is 309 g/mol. The number of ether oxygens (including phenoxy) is 1. The van der Waals surface area contributed by atoms with Gasteiger partial charge in [0.05, 0.1) is 18.0 Å². The predicted octanol–water partition coefficient (Wildman–Crippen LogP) is 0.382. The minimum atomic E-state index is -3.88. The Bertz CT molecular complexity index is 789. The molecule has 7 nitrogen and oxygen atoms in total. The number of nitrogens with zero attached hydrogens (tertiary/aromatic N) is 1. The largest absolute Gasteiger partial charge is 0.492 e. The molecule has 0 bridgehead atoms. The molecule has 0 saturated heterocycles. The lowest BCUT2D eigenvalue weighted by Crippen LogP contribution is -2.25. The summed E-state index contributed by atoms with van der Waals surface area (Å²) in [6.07, 6.45) is 1.47. The zero-order valence-electron chi connectivity index (χ0n) is 11.3. The van der Waals surface area contributed by atoms with Gasteiger partial charge in [0.2, 0.25) is 15.9 Å². The van der Waals surface area contributed by atoms with E-state index < -0.39 is 21.8 Å². The molecule has 0 fully saturated rings. The van der Waals surface area contributed by atoms with Crippen LogP contribution in [0, 0.1) is 5.92 Å². The van der Waals surface area contributed by atoms with Crippen LogP contribution in [0.4, 0.5) is 0 Å². The van der Waals surface area contributed by atoms with Gasteiger partial charge in [-0.25, -0.2) is 13.6 Å². The van der Waals surface area contributed by atoms with Crippen molar-refractivity contribution in [1.29, 1.82) is 0 Å². The van der Waals surface area contributed by atoms with Crippen LogP contribution >= 0.6 is 0 Å². The Balaban J connectivity index is 2.46. The van der Waals surface area contributed by atoms with Crippen LogP contribution in [-0.4, -0.2) is 25.9 Å². The minimum absolute atomic E-state index is 0.0756. The number of pyridine rings is 1. The van der Waals surface area contributed by atoms with Crippen molar-refractivity contribution in [3.05, 3.63) is 30.5 Å². The number of hydrogen-bond donors (Lipinski definition) is 2. The number of aromatic nitrogens is 1. The highest BCUT2D eigenvalue weighted by Gasteiger charge is 2.17. The van der Waals surface area contributed by atoms with E-state index in [1.807, 2.05) is 0 Å². The molecule has 0 saturated carbocycles. The molecule has 8 heteroatoms. The molecule has 0 radical (unpaired) electrons. The van der Waals surface area contributed by atoms with Gasteiger partial charge in [0.25, 0.3) is 0 Å². The first-order chi connectivity index (χ1) is 9.80. The van der Waals surface area contributed by atoms with Crippen LogP contribution < -0.4 is 15.6 Å². The Morgan fingerprint density at radius 3 is 2.71 bits per heavy atom. The Morgan fingerprint density at radius 1 is 1.38 bits per heavy atom. The molecule has 1 aromatic carbocycles. The highest BCUT2D eigenvalue weighted by Crippen LogP contribution is 2.29. The lowest BCUT2D eigenvalue weighted by Gasteiger charge is -2.13. The van der Waals surface area contributed by atoms with Crippen molar-refractivity contribution in [2.24, 2.45) is 16.8 Å². The summed E-state index contributed by atoms with van der Waals surface area (Å²) in [6, 6.07) is 6.13. The molecule has 1 amide bonds. The van der Waals surface area contributed by atoms with Crippen molar-refractivity contribution in [3.63, 3.8) is 0 Å². The molecule has 1 heterocycles. The number of primary amides is 1. The average Bonchev–Trinajstić information content (AvgIpc) is 2.42. The van der Waals surface area contributed by atoms with Crippen LogP contribution in [0.5, 0.6) is 5.75 Å². The highest BCUT2D eigenvalue weighted by molar-refractivity contribution is 7.89. The zero-order valence-corrected chi connectivity index (χ0v) is 12.1. The smallest absolute Gasteiger partial charge is 0.240 e. The van der Waals surface area contributed by atoms with Gasteiger partial charge in [-0.1, -0.05) is 6.92 Å². The second-order valence-corrected chi connectivity index (χ2v) is 6.15. The quantitative estimate of drug-likeness (QED) is 0.826. The summed E-state index contributed by atoms with van der Waals surface area (Å²) in [5.41, 5.74) is 5.39. The second kappa shape index (κ2) is 5.66. The molecular weight excluding hydrogens is 294 g/mol. The summed E-state index contributed by atoms with van der Waals surface area (Å²) in [6.45, 7) is 1.73. The van der Waals surface area contributed by atoms with Gasteiger partial charge in [-0.3, -0.25) is 9.78 Å².